The van der Waals surface area contributed by atoms with Gasteiger partial charge in [0.15, 0.2) is 5.82 Å². The molecule has 1 aliphatic rings. The van der Waals surface area contributed by atoms with E-state index in [1.54, 1.807) is 0 Å². The Morgan fingerprint density at radius 3 is 2.65 bits per heavy atom. The standard InChI is InChI=1S/C20H20N4O2/c25-14-22-20-12-18(15-4-2-1-3-5-15)24(23-20)17-8-6-16(7-9-17)19-13-21-10-11-26-19/h1-9,12,14,19,21H,10-11,13H2,(H,22,23,25)/t19-/m1/s1. The van der Waals surface area contributed by atoms with E-state index in [1.807, 2.05) is 53.2 Å². The van der Waals surface area contributed by atoms with Crippen molar-refractivity contribution < 1.29 is 9.53 Å². The highest BCUT2D eigenvalue weighted by molar-refractivity contribution is 5.73. The molecule has 0 spiro atoms. The van der Waals surface area contributed by atoms with E-state index in [4.69, 9.17) is 4.74 Å². The van der Waals surface area contributed by atoms with Crippen LogP contribution in [0.3, 0.4) is 0 Å². The molecule has 1 aromatic heterocycles. The summed E-state index contributed by atoms with van der Waals surface area (Å²) in [5, 5.41) is 10.5. The predicted octanol–water partition coefficient (Wildman–Crippen LogP) is 2.77. The second-order valence-corrected chi connectivity index (χ2v) is 6.11. The lowest BCUT2D eigenvalue weighted by Crippen LogP contribution is -2.33. The molecule has 4 rings (SSSR count). The van der Waals surface area contributed by atoms with Crippen molar-refractivity contribution in [3.05, 3.63) is 66.2 Å². The quantitative estimate of drug-likeness (QED) is 0.696. The van der Waals surface area contributed by atoms with Gasteiger partial charge >= 0.3 is 0 Å². The van der Waals surface area contributed by atoms with Crippen LogP contribution in [0.4, 0.5) is 5.82 Å². The van der Waals surface area contributed by atoms with Crippen LogP contribution in [0.2, 0.25) is 0 Å². The molecule has 2 heterocycles. The van der Waals surface area contributed by atoms with Crippen molar-refractivity contribution >= 4 is 12.2 Å². The zero-order valence-electron chi connectivity index (χ0n) is 14.3. The second kappa shape index (κ2) is 7.51. The zero-order valence-corrected chi connectivity index (χ0v) is 14.3. The first-order valence-electron chi connectivity index (χ1n) is 8.63. The van der Waals surface area contributed by atoms with Crippen molar-refractivity contribution in [1.29, 1.82) is 0 Å². The number of nitrogens with one attached hydrogen (secondary N) is 2. The van der Waals surface area contributed by atoms with Gasteiger partial charge in [0.1, 0.15) is 0 Å². The van der Waals surface area contributed by atoms with Crippen LogP contribution in [0.5, 0.6) is 0 Å². The number of amides is 1. The van der Waals surface area contributed by atoms with E-state index in [2.05, 4.69) is 27.9 Å². The minimum Gasteiger partial charge on any atom is -0.371 e. The number of hydrogen-bond acceptors (Lipinski definition) is 4. The van der Waals surface area contributed by atoms with Gasteiger partial charge in [-0.2, -0.15) is 0 Å². The number of anilines is 1. The first-order valence-corrected chi connectivity index (χ1v) is 8.63. The van der Waals surface area contributed by atoms with Crippen LogP contribution in [0.25, 0.3) is 16.9 Å². The van der Waals surface area contributed by atoms with Gasteiger partial charge in [-0.05, 0) is 17.7 Å². The Morgan fingerprint density at radius 1 is 1.15 bits per heavy atom. The number of rotatable bonds is 5. The van der Waals surface area contributed by atoms with Gasteiger partial charge in [-0.25, -0.2) is 4.68 Å². The van der Waals surface area contributed by atoms with Crippen LogP contribution in [0.1, 0.15) is 11.7 Å². The fourth-order valence-electron chi connectivity index (χ4n) is 3.13. The summed E-state index contributed by atoms with van der Waals surface area (Å²) in [5.74, 6) is 0.516. The predicted molar refractivity (Wildman–Crippen MR) is 100 cm³/mol. The van der Waals surface area contributed by atoms with Crippen molar-refractivity contribution in [2.24, 2.45) is 0 Å². The number of hydrogen-bond donors (Lipinski definition) is 2. The lowest BCUT2D eigenvalue weighted by molar-refractivity contribution is -0.105. The lowest BCUT2D eigenvalue weighted by atomic mass is 10.1. The van der Waals surface area contributed by atoms with Crippen LogP contribution in [-0.2, 0) is 9.53 Å². The minimum absolute atomic E-state index is 0.0799. The molecule has 1 aliphatic heterocycles. The average Bonchev–Trinajstić information content (AvgIpc) is 3.14. The molecule has 0 radical (unpaired) electrons. The monoisotopic (exact) mass is 348 g/mol. The number of nitrogens with zero attached hydrogens (tertiary/aromatic N) is 2. The van der Waals surface area contributed by atoms with E-state index in [-0.39, 0.29) is 6.10 Å². The second-order valence-electron chi connectivity index (χ2n) is 6.11. The summed E-state index contributed by atoms with van der Waals surface area (Å²) in [6.45, 7) is 2.45. The molecule has 132 valence electrons. The fourth-order valence-corrected chi connectivity index (χ4v) is 3.13. The Hall–Kier alpha value is -2.96. The van der Waals surface area contributed by atoms with E-state index in [0.29, 0.717) is 12.2 Å². The molecule has 0 aliphatic carbocycles. The van der Waals surface area contributed by atoms with E-state index in [9.17, 15) is 4.79 Å². The molecule has 0 saturated carbocycles. The van der Waals surface area contributed by atoms with Crippen LogP contribution in [0.15, 0.2) is 60.7 Å². The van der Waals surface area contributed by atoms with Gasteiger partial charge in [0.25, 0.3) is 0 Å². The number of aromatic nitrogens is 2. The highest BCUT2D eigenvalue weighted by atomic mass is 16.5. The zero-order chi connectivity index (χ0) is 17.8. The maximum Gasteiger partial charge on any atom is 0.212 e. The van der Waals surface area contributed by atoms with Gasteiger partial charge in [-0.3, -0.25) is 4.79 Å². The molecule has 1 fully saturated rings. The summed E-state index contributed by atoms with van der Waals surface area (Å²) in [6, 6.07) is 20.0. The van der Waals surface area contributed by atoms with Gasteiger partial charge < -0.3 is 15.4 Å². The Morgan fingerprint density at radius 2 is 1.96 bits per heavy atom. The van der Waals surface area contributed by atoms with Crippen molar-refractivity contribution in [3.63, 3.8) is 0 Å². The molecule has 1 saturated heterocycles. The Bertz CT molecular complexity index is 869. The summed E-state index contributed by atoms with van der Waals surface area (Å²) in [4.78, 5) is 10.8. The fraction of sp³-hybridized carbons (Fsp3) is 0.200. The Labute approximate surface area is 151 Å². The highest BCUT2D eigenvalue weighted by Gasteiger charge is 2.16. The molecule has 26 heavy (non-hydrogen) atoms. The summed E-state index contributed by atoms with van der Waals surface area (Å²) >= 11 is 0. The van der Waals surface area contributed by atoms with Gasteiger partial charge in [0.05, 0.1) is 24.1 Å². The largest absolute Gasteiger partial charge is 0.371 e. The van der Waals surface area contributed by atoms with Crippen LogP contribution >= 0.6 is 0 Å². The number of carbonyl (C=O) groups is 1. The SMILES string of the molecule is O=CNc1cc(-c2ccccc2)n(-c2ccc([C@H]3CNCCO3)cc2)n1. The van der Waals surface area contributed by atoms with Gasteiger partial charge in [0, 0.05) is 24.7 Å². The Kier molecular flexibility index (Phi) is 4.77. The topological polar surface area (TPSA) is 68.2 Å². The smallest absolute Gasteiger partial charge is 0.212 e. The third kappa shape index (κ3) is 3.37. The highest BCUT2D eigenvalue weighted by Crippen LogP contribution is 2.27. The van der Waals surface area contributed by atoms with E-state index >= 15 is 0 Å². The van der Waals surface area contributed by atoms with Crippen molar-refractivity contribution in [2.45, 2.75) is 6.10 Å². The van der Waals surface area contributed by atoms with Crippen LogP contribution in [0, 0.1) is 0 Å². The number of benzene rings is 2. The van der Waals surface area contributed by atoms with Crippen molar-refractivity contribution in [3.8, 4) is 16.9 Å². The maximum absolute atomic E-state index is 10.8. The van der Waals surface area contributed by atoms with Gasteiger partial charge in [-0.1, -0.05) is 42.5 Å². The van der Waals surface area contributed by atoms with Crippen LogP contribution in [-0.4, -0.2) is 35.9 Å². The molecule has 1 atom stereocenters. The van der Waals surface area contributed by atoms with Crippen molar-refractivity contribution in [1.82, 2.24) is 15.1 Å². The molecular formula is C20H20N4O2. The number of carbonyl (C=O) groups excluding carboxylic acids is 1. The average molecular weight is 348 g/mol. The third-order valence-corrected chi connectivity index (χ3v) is 4.42. The molecule has 2 N–H and O–H groups in total. The minimum atomic E-state index is 0.0799. The lowest BCUT2D eigenvalue weighted by Gasteiger charge is -2.24. The summed E-state index contributed by atoms with van der Waals surface area (Å²) in [7, 11) is 0. The molecule has 2 aromatic carbocycles. The number of ether oxygens (including phenoxy) is 1. The molecule has 6 heteroatoms. The van der Waals surface area contributed by atoms with E-state index in [1.165, 1.54) is 0 Å². The molecule has 1 amide bonds. The van der Waals surface area contributed by atoms with Crippen molar-refractivity contribution in [2.75, 3.05) is 25.0 Å². The summed E-state index contributed by atoms with van der Waals surface area (Å²) < 4.78 is 7.64. The first-order chi connectivity index (χ1) is 12.8. The Balaban J connectivity index is 1.69. The molecule has 0 unspecified atom stereocenters. The maximum atomic E-state index is 10.8. The molecule has 6 nitrogen and oxygen atoms in total. The van der Waals surface area contributed by atoms with Gasteiger partial charge in [-0.15, -0.1) is 5.10 Å². The first kappa shape index (κ1) is 16.5. The molecular weight excluding hydrogens is 328 g/mol. The summed E-state index contributed by atoms with van der Waals surface area (Å²) in [5.41, 5.74) is 4.01. The van der Waals surface area contributed by atoms with Gasteiger partial charge in [0.2, 0.25) is 6.41 Å². The van der Waals surface area contributed by atoms with Crippen LogP contribution < -0.4 is 10.6 Å². The van der Waals surface area contributed by atoms with E-state index < -0.39 is 0 Å². The van der Waals surface area contributed by atoms with E-state index in [0.717, 1.165) is 42.2 Å². The summed E-state index contributed by atoms with van der Waals surface area (Å²) in [6.07, 6.45) is 0.717. The number of morpholine rings is 1. The third-order valence-electron chi connectivity index (χ3n) is 4.42. The molecule has 3 aromatic rings. The molecule has 0 bridgehead atoms. The normalized spacial score (nSPS) is 17.0.